The SMILES string of the molecule is Cc1ccc(C(=O)Nc2ccc(Cl)c(O)c2)cc1Cl. The summed E-state index contributed by atoms with van der Waals surface area (Å²) >= 11 is 11.7. The summed E-state index contributed by atoms with van der Waals surface area (Å²) in [6.07, 6.45) is 0. The summed E-state index contributed by atoms with van der Waals surface area (Å²) in [5, 5.41) is 12.9. The molecule has 1 amide bonds. The Labute approximate surface area is 120 Å². The van der Waals surface area contributed by atoms with E-state index in [2.05, 4.69) is 5.32 Å². The van der Waals surface area contributed by atoms with Gasteiger partial charge >= 0.3 is 0 Å². The van der Waals surface area contributed by atoms with E-state index in [0.29, 0.717) is 16.3 Å². The number of phenols is 1. The molecular weight excluding hydrogens is 285 g/mol. The van der Waals surface area contributed by atoms with Crippen molar-refractivity contribution in [1.29, 1.82) is 0 Å². The number of hydrogen-bond donors (Lipinski definition) is 2. The first-order chi connectivity index (χ1) is 8.97. The van der Waals surface area contributed by atoms with E-state index < -0.39 is 0 Å². The fourth-order valence-corrected chi connectivity index (χ4v) is 1.83. The standard InChI is InChI=1S/C14H11Cl2NO2/c1-8-2-3-9(6-12(8)16)14(19)17-10-4-5-11(15)13(18)7-10/h2-7,18H,1H3,(H,17,19). The molecule has 2 aromatic rings. The highest BCUT2D eigenvalue weighted by atomic mass is 35.5. The Morgan fingerprint density at radius 3 is 2.47 bits per heavy atom. The van der Waals surface area contributed by atoms with Gasteiger partial charge in [-0.3, -0.25) is 4.79 Å². The molecule has 2 N–H and O–H groups in total. The van der Waals surface area contributed by atoms with Crippen LogP contribution in [0.15, 0.2) is 36.4 Å². The van der Waals surface area contributed by atoms with Crippen LogP contribution in [0, 0.1) is 6.92 Å². The van der Waals surface area contributed by atoms with Crippen molar-refractivity contribution in [3.63, 3.8) is 0 Å². The first-order valence-electron chi connectivity index (χ1n) is 5.53. The lowest BCUT2D eigenvalue weighted by molar-refractivity contribution is 0.102. The topological polar surface area (TPSA) is 49.3 Å². The number of phenolic OH excluding ortho intramolecular Hbond substituents is 1. The molecule has 0 aromatic heterocycles. The van der Waals surface area contributed by atoms with Crippen LogP contribution in [-0.2, 0) is 0 Å². The van der Waals surface area contributed by atoms with Crippen molar-refractivity contribution in [1.82, 2.24) is 0 Å². The van der Waals surface area contributed by atoms with Crippen molar-refractivity contribution in [3.8, 4) is 5.75 Å². The molecule has 0 saturated carbocycles. The predicted octanol–water partition coefficient (Wildman–Crippen LogP) is 4.26. The minimum Gasteiger partial charge on any atom is -0.506 e. The lowest BCUT2D eigenvalue weighted by Crippen LogP contribution is -2.11. The number of halogens is 2. The number of aromatic hydroxyl groups is 1. The number of aryl methyl sites for hydroxylation is 1. The first kappa shape index (κ1) is 13.7. The highest BCUT2D eigenvalue weighted by Gasteiger charge is 2.09. The fraction of sp³-hybridized carbons (Fsp3) is 0.0714. The van der Waals surface area contributed by atoms with Crippen LogP contribution in [0.3, 0.4) is 0 Å². The number of benzene rings is 2. The van der Waals surface area contributed by atoms with Crippen LogP contribution in [0.25, 0.3) is 0 Å². The van der Waals surface area contributed by atoms with Gasteiger partial charge < -0.3 is 10.4 Å². The van der Waals surface area contributed by atoms with Crippen LogP contribution in [0.4, 0.5) is 5.69 Å². The molecule has 3 nitrogen and oxygen atoms in total. The molecule has 0 saturated heterocycles. The van der Waals surface area contributed by atoms with E-state index in [1.165, 1.54) is 12.1 Å². The summed E-state index contributed by atoms with van der Waals surface area (Å²) in [6, 6.07) is 9.56. The Balaban J connectivity index is 2.20. The third kappa shape index (κ3) is 3.19. The zero-order valence-corrected chi connectivity index (χ0v) is 11.6. The Morgan fingerprint density at radius 2 is 1.84 bits per heavy atom. The maximum Gasteiger partial charge on any atom is 0.255 e. The molecule has 2 aromatic carbocycles. The van der Waals surface area contributed by atoms with Gasteiger partial charge in [-0.1, -0.05) is 29.3 Å². The monoisotopic (exact) mass is 295 g/mol. The highest BCUT2D eigenvalue weighted by Crippen LogP contribution is 2.26. The van der Waals surface area contributed by atoms with Crippen molar-refractivity contribution in [2.75, 3.05) is 5.32 Å². The second-order valence-electron chi connectivity index (χ2n) is 4.08. The van der Waals surface area contributed by atoms with E-state index >= 15 is 0 Å². The average Bonchev–Trinajstić information content (AvgIpc) is 2.37. The molecule has 98 valence electrons. The van der Waals surface area contributed by atoms with Gasteiger partial charge in [-0.05, 0) is 36.8 Å². The molecule has 0 aliphatic carbocycles. The van der Waals surface area contributed by atoms with Gasteiger partial charge in [-0.25, -0.2) is 0 Å². The maximum atomic E-state index is 12.0. The minimum absolute atomic E-state index is 0.0820. The van der Waals surface area contributed by atoms with Crippen LogP contribution in [-0.4, -0.2) is 11.0 Å². The van der Waals surface area contributed by atoms with Crippen molar-refractivity contribution in [2.24, 2.45) is 0 Å². The van der Waals surface area contributed by atoms with E-state index in [0.717, 1.165) is 5.56 Å². The van der Waals surface area contributed by atoms with Gasteiger partial charge in [-0.2, -0.15) is 0 Å². The molecule has 0 bridgehead atoms. The molecule has 0 heterocycles. The van der Waals surface area contributed by atoms with Crippen LogP contribution >= 0.6 is 23.2 Å². The van der Waals surface area contributed by atoms with Crippen molar-refractivity contribution in [3.05, 3.63) is 57.6 Å². The molecule has 0 unspecified atom stereocenters. The van der Waals surface area contributed by atoms with Crippen LogP contribution < -0.4 is 5.32 Å². The highest BCUT2D eigenvalue weighted by molar-refractivity contribution is 6.32. The lowest BCUT2D eigenvalue weighted by atomic mass is 10.1. The minimum atomic E-state index is -0.302. The van der Waals surface area contributed by atoms with Crippen molar-refractivity contribution < 1.29 is 9.90 Å². The Hall–Kier alpha value is -1.71. The largest absolute Gasteiger partial charge is 0.506 e. The number of nitrogens with one attached hydrogen (secondary N) is 1. The summed E-state index contributed by atoms with van der Waals surface area (Å²) in [7, 11) is 0. The number of hydrogen-bond acceptors (Lipinski definition) is 2. The van der Waals surface area contributed by atoms with E-state index in [4.69, 9.17) is 23.2 Å². The molecular formula is C14H11Cl2NO2. The molecule has 0 fully saturated rings. The summed E-state index contributed by atoms with van der Waals surface area (Å²) in [6.45, 7) is 1.86. The van der Waals surface area contributed by atoms with E-state index in [9.17, 15) is 9.90 Å². The number of carbonyl (C=O) groups is 1. The summed E-state index contributed by atoms with van der Waals surface area (Å²) in [5.41, 5.74) is 1.82. The van der Waals surface area contributed by atoms with E-state index in [1.807, 2.05) is 6.92 Å². The second-order valence-corrected chi connectivity index (χ2v) is 4.90. The average molecular weight is 296 g/mol. The molecule has 0 aliphatic rings. The maximum absolute atomic E-state index is 12.0. The van der Waals surface area contributed by atoms with Gasteiger partial charge in [-0.15, -0.1) is 0 Å². The van der Waals surface area contributed by atoms with Crippen LogP contribution in [0.1, 0.15) is 15.9 Å². The number of anilines is 1. The molecule has 5 heteroatoms. The summed E-state index contributed by atoms with van der Waals surface area (Å²) in [5.74, 6) is -0.384. The van der Waals surface area contributed by atoms with Crippen molar-refractivity contribution in [2.45, 2.75) is 6.92 Å². The van der Waals surface area contributed by atoms with Crippen molar-refractivity contribution >= 4 is 34.8 Å². The molecule has 0 radical (unpaired) electrons. The van der Waals surface area contributed by atoms with Gasteiger partial charge in [0.25, 0.3) is 5.91 Å². The third-order valence-corrected chi connectivity index (χ3v) is 3.36. The Bertz CT molecular complexity index is 641. The molecule has 0 spiro atoms. The quantitative estimate of drug-likeness (QED) is 0.870. The molecule has 0 aliphatic heterocycles. The Kier molecular flexibility index (Phi) is 3.98. The fourth-order valence-electron chi connectivity index (χ4n) is 1.53. The first-order valence-corrected chi connectivity index (χ1v) is 6.29. The van der Waals surface area contributed by atoms with E-state index in [1.54, 1.807) is 24.3 Å². The normalized spacial score (nSPS) is 10.3. The lowest BCUT2D eigenvalue weighted by Gasteiger charge is -2.07. The molecule has 19 heavy (non-hydrogen) atoms. The number of carbonyl (C=O) groups excluding carboxylic acids is 1. The third-order valence-electron chi connectivity index (χ3n) is 2.64. The van der Waals surface area contributed by atoms with Gasteiger partial charge in [0.1, 0.15) is 5.75 Å². The zero-order chi connectivity index (χ0) is 14.0. The zero-order valence-electron chi connectivity index (χ0n) is 10.1. The summed E-state index contributed by atoms with van der Waals surface area (Å²) in [4.78, 5) is 12.0. The molecule has 0 atom stereocenters. The van der Waals surface area contributed by atoms with Gasteiger partial charge in [0.2, 0.25) is 0 Å². The van der Waals surface area contributed by atoms with E-state index in [-0.39, 0.29) is 16.7 Å². The number of rotatable bonds is 2. The van der Waals surface area contributed by atoms with Gasteiger partial charge in [0.05, 0.1) is 5.02 Å². The summed E-state index contributed by atoms with van der Waals surface area (Å²) < 4.78 is 0. The van der Waals surface area contributed by atoms with Crippen LogP contribution in [0.5, 0.6) is 5.75 Å². The van der Waals surface area contributed by atoms with Crippen LogP contribution in [0.2, 0.25) is 10.0 Å². The van der Waals surface area contributed by atoms with Gasteiger partial charge in [0.15, 0.2) is 0 Å². The van der Waals surface area contributed by atoms with Gasteiger partial charge in [0, 0.05) is 22.3 Å². The molecule has 2 rings (SSSR count). The second kappa shape index (κ2) is 5.51. The number of amides is 1. The smallest absolute Gasteiger partial charge is 0.255 e. The Morgan fingerprint density at radius 1 is 1.11 bits per heavy atom. The predicted molar refractivity (Wildman–Crippen MR) is 77.3 cm³/mol.